The van der Waals surface area contributed by atoms with Crippen LogP contribution in [0.1, 0.15) is 31.6 Å². The molecule has 1 unspecified atom stereocenters. The van der Waals surface area contributed by atoms with E-state index in [1.807, 2.05) is 38.1 Å². The summed E-state index contributed by atoms with van der Waals surface area (Å²) in [5.41, 5.74) is 0.193. The zero-order valence-corrected chi connectivity index (χ0v) is 11.7. The topological polar surface area (TPSA) is 38.3 Å². The molecular weight excluding hydrogens is 258 g/mol. The van der Waals surface area contributed by atoms with Crippen molar-refractivity contribution in [3.05, 3.63) is 29.8 Å². The number of Topliss-reactive ketones (excluding diaryl/α,β-unsaturated/α-hetero) is 1. The normalized spacial score (nSPS) is 19.6. The maximum Gasteiger partial charge on any atom is 0.171 e. The van der Waals surface area contributed by atoms with Gasteiger partial charge in [-0.1, -0.05) is 19.6 Å². The quantitative estimate of drug-likeness (QED) is 0.661. The van der Waals surface area contributed by atoms with E-state index < -0.39 is 5.41 Å². The van der Waals surface area contributed by atoms with Crippen LogP contribution >= 0.6 is 12.6 Å². The van der Waals surface area contributed by atoms with Crippen molar-refractivity contribution < 1.29 is 9.53 Å². The fraction of sp³-hybridized carbons (Fsp3) is 0.533. The third-order valence-corrected chi connectivity index (χ3v) is 3.75. The van der Waals surface area contributed by atoms with Gasteiger partial charge in [-0.3, -0.25) is 4.79 Å². The number of benzene rings is 1. The summed E-state index contributed by atoms with van der Waals surface area (Å²) >= 11 is 4.23. The maximum absolute atomic E-state index is 12.5. The molecule has 1 atom stereocenters. The Kier molecular flexibility index (Phi) is 5.59. The van der Waals surface area contributed by atoms with Crippen LogP contribution in [0, 0.1) is 5.41 Å². The van der Waals surface area contributed by atoms with Gasteiger partial charge in [0.05, 0.1) is 18.1 Å². The van der Waals surface area contributed by atoms with E-state index in [0.29, 0.717) is 12.2 Å². The van der Waals surface area contributed by atoms with Gasteiger partial charge in [-0.15, -0.1) is 12.6 Å². The van der Waals surface area contributed by atoms with Crippen LogP contribution in [-0.2, 0) is 4.74 Å². The molecule has 106 valence electrons. The number of hydrogen-bond acceptors (Lipinski definition) is 4. The Hall–Kier alpha value is -0.840. The minimum Gasteiger partial charge on any atom is -0.375 e. The van der Waals surface area contributed by atoms with Crippen molar-refractivity contribution in [2.75, 3.05) is 19.7 Å². The Labute approximate surface area is 121 Å². The maximum atomic E-state index is 12.5. The number of carbonyl (C=O) groups is 1. The van der Waals surface area contributed by atoms with Crippen LogP contribution in [0.4, 0.5) is 0 Å². The number of carbonyl (C=O) groups excluding carboxylic acids is 1. The number of thiol groups is 1. The fourth-order valence-corrected chi connectivity index (χ4v) is 2.31. The van der Waals surface area contributed by atoms with Gasteiger partial charge in [-0.2, -0.15) is 0 Å². The smallest absolute Gasteiger partial charge is 0.171 e. The third kappa shape index (κ3) is 3.59. The van der Waals surface area contributed by atoms with Gasteiger partial charge >= 0.3 is 0 Å². The summed E-state index contributed by atoms with van der Waals surface area (Å²) < 4.78 is 5.71. The summed E-state index contributed by atoms with van der Waals surface area (Å²) in [4.78, 5) is 13.4. The summed E-state index contributed by atoms with van der Waals surface area (Å²) in [5.74, 6) is 0.115. The number of ketones is 1. The lowest BCUT2D eigenvalue weighted by atomic mass is 9.78. The highest BCUT2D eigenvalue weighted by Crippen LogP contribution is 2.29. The molecule has 0 aromatic heterocycles. The van der Waals surface area contributed by atoms with Crippen molar-refractivity contribution in [3.63, 3.8) is 0 Å². The average molecular weight is 281 g/mol. The van der Waals surface area contributed by atoms with E-state index in [2.05, 4.69) is 17.9 Å². The van der Waals surface area contributed by atoms with E-state index in [4.69, 9.17) is 4.74 Å². The van der Waals surface area contributed by atoms with E-state index in [-0.39, 0.29) is 19.3 Å². The molecule has 1 heterocycles. The van der Waals surface area contributed by atoms with E-state index in [0.717, 1.165) is 18.0 Å². The van der Waals surface area contributed by atoms with Gasteiger partial charge in [-0.05, 0) is 26.0 Å². The molecule has 3 nitrogen and oxygen atoms in total. The van der Waals surface area contributed by atoms with Gasteiger partial charge < -0.3 is 10.1 Å². The highest BCUT2D eigenvalue weighted by molar-refractivity contribution is 7.80. The molecule has 0 amide bonds. The van der Waals surface area contributed by atoms with Crippen LogP contribution < -0.4 is 5.32 Å². The summed E-state index contributed by atoms with van der Waals surface area (Å²) in [6.45, 7) is 6.14. The Morgan fingerprint density at radius 3 is 2.53 bits per heavy atom. The monoisotopic (exact) mass is 281 g/mol. The Morgan fingerprint density at radius 1 is 1.37 bits per heavy atom. The third-order valence-electron chi connectivity index (χ3n) is 3.45. The van der Waals surface area contributed by atoms with Crippen LogP contribution in [0.25, 0.3) is 0 Å². The van der Waals surface area contributed by atoms with Crippen molar-refractivity contribution in [1.29, 1.82) is 0 Å². The number of ether oxygens (including phenoxy) is 1. The van der Waals surface area contributed by atoms with Gasteiger partial charge in [0.2, 0.25) is 0 Å². The SMILES string of the molecule is C.CC(C)(C(=O)c1ccc(S)cc1)C1CNCCO1. The molecule has 19 heavy (non-hydrogen) atoms. The molecule has 1 N–H and O–H groups in total. The second-order valence-electron chi connectivity index (χ2n) is 5.16. The zero-order chi connectivity index (χ0) is 13.2. The molecule has 1 fully saturated rings. The lowest BCUT2D eigenvalue weighted by molar-refractivity contribution is -0.0324. The summed E-state index contributed by atoms with van der Waals surface area (Å²) in [7, 11) is 0. The standard InChI is InChI=1S/C14H19NO2S.CH4/c1-14(2,12-9-15-7-8-17-12)13(16)10-3-5-11(18)6-4-10;/h3-6,12,15,18H,7-9H2,1-2H3;1H4. The highest BCUT2D eigenvalue weighted by atomic mass is 32.1. The zero-order valence-electron chi connectivity index (χ0n) is 10.8. The van der Waals surface area contributed by atoms with E-state index in [1.54, 1.807) is 0 Å². The van der Waals surface area contributed by atoms with Gasteiger partial charge in [0, 0.05) is 23.5 Å². The molecule has 2 rings (SSSR count). The van der Waals surface area contributed by atoms with Gasteiger partial charge in [0.15, 0.2) is 5.78 Å². The van der Waals surface area contributed by atoms with Crippen LogP contribution in [0.15, 0.2) is 29.2 Å². The molecule has 1 aromatic carbocycles. The van der Waals surface area contributed by atoms with E-state index >= 15 is 0 Å². The van der Waals surface area contributed by atoms with Gasteiger partial charge in [-0.25, -0.2) is 0 Å². The molecule has 1 aromatic rings. The number of hydrogen-bond donors (Lipinski definition) is 2. The first kappa shape index (κ1) is 16.2. The van der Waals surface area contributed by atoms with Crippen LogP contribution in [0.2, 0.25) is 0 Å². The lowest BCUT2D eigenvalue weighted by Crippen LogP contribution is -2.49. The second kappa shape index (κ2) is 6.55. The number of morpholine rings is 1. The van der Waals surface area contributed by atoms with Crippen molar-refractivity contribution in [2.24, 2.45) is 5.41 Å². The lowest BCUT2D eigenvalue weighted by Gasteiger charge is -2.36. The summed E-state index contributed by atoms with van der Waals surface area (Å²) in [5, 5.41) is 3.27. The molecule has 1 saturated heterocycles. The first-order chi connectivity index (χ1) is 8.51. The Bertz CT molecular complexity index is 422. The number of nitrogens with one attached hydrogen (secondary N) is 1. The molecule has 0 spiro atoms. The predicted octanol–water partition coefficient (Wildman–Crippen LogP) is 2.81. The molecule has 0 radical (unpaired) electrons. The van der Waals surface area contributed by atoms with Crippen LogP contribution in [0.5, 0.6) is 0 Å². The molecular formula is C15H23NO2S. The number of rotatable bonds is 3. The molecule has 0 bridgehead atoms. The van der Waals surface area contributed by atoms with Crippen molar-refractivity contribution in [3.8, 4) is 0 Å². The van der Waals surface area contributed by atoms with E-state index in [9.17, 15) is 4.79 Å². The molecule has 4 heteroatoms. The Morgan fingerprint density at radius 2 is 2.00 bits per heavy atom. The molecule has 1 aliphatic rings. The van der Waals surface area contributed by atoms with E-state index in [1.165, 1.54) is 0 Å². The minimum atomic E-state index is -0.522. The minimum absolute atomic E-state index is 0. The van der Waals surface area contributed by atoms with Crippen molar-refractivity contribution in [1.82, 2.24) is 5.32 Å². The molecule has 1 aliphatic heterocycles. The molecule has 0 aliphatic carbocycles. The highest BCUT2D eigenvalue weighted by Gasteiger charge is 2.38. The van der Waals surface area contributed by atoms with Crippen LogP contribution in [-0.4, -0.2) is 31.6 Å². The predicted molar refractivity (Wildman–Crippen MR) is 81.1 cm³/mol. The van der Waals surface area contributed by atoms with Crippen molar-refractivity contribution >= 4 is 18.4 Å². The largest absolute Gasteiger partial charge is 0.375 e. The second-order valence-corrected chi connectivity index (χ2v) is 5.68. The summed E-state index contributed by atoms with van der Waals surface area (Å²) in [6.07, 6.45) is -0.0746. The summed E-state index contributed by atoms with van der Waals surface area (Å²) in [6, 6.07) is 7.32. The first-order valence-electron chi connectivity index (χ1n) is 6.18. The van der Waals surface area contributed by atoms with Gasteiger partial charge in [0.25, 0.3) is 0 Å². The fourth-order valence-electron chi connectivity index (χ4n) is 2.16. The van der Waals surface area contributed by atoms with Crippen LogP contribution in [0.3, 0.4) is 0 Å². The average Bonchev–Trinajstić information content (AvgIpc) is 2.40. The Balaban J connectivity index is 0.00000180. The van der Waals surface area contributed by atoms with Crippen molar-refractivity contribution in [2.45, 2.75) is 32.3 Å². The molecule has 0 saturated carbocycles. The van der Waals surface area contributed by atoms with Gasteiger partial charge in [0.1, 0.15) is 0 Å². The first-order valence-corrected chi connectivity index (χ1v) is 6.62.